The zero-order chi connectivity index (χ0) is 14.2. The Balaban J connectivity index is 1.44. The molecule has 0 N–H and O–H groups in total. The van der Waals surface area contributed by atoms with Gasteiger partial charge < -0.3 is 9.32 Å². The van der Waals surface area contributed by atoms with E-state index in [0.29, 0.717) is 23.1 Å². The fourth-order valence-electron chi connectivity index (χ4n) is 3.22. The van der Waals surface area contributed by atoms with Crippen LogP contribution in [0, 0.1) is 0 Å². The van der Waals surface area contributed by atoms with Crippen molar-refractivity contribution in [2.24, 2.45) is 0 Å². The molecular formula is C16H16N2O2S. The third kappa shape index (κ3) is 2.35. The molecule has 5 heteroatoms. The minimum atomic E-state index is 0.194. The molecule has 108 valence electrons. The highest BCUT2D eigenvalue weighted by Gasteiger charge is 2.36. The number of carbonyl (C=O) groups excluding carboxylic acids is 1. The van der Waals surface area contributed by atoms with Crippen LogP contribution in [0.25, 0.3) is 11.1 Å². The van der Waals surface area contributed by atoms with E-state index in [-0.39, 0.29) is 5.91 Å². The Morgan fingerprint density at radius 1 is 1.38 bits per heavy atom. The Morgan fingerprint density at radius 2 is 2.29 bits per heavy atom. The van der Waals surface area contributed by atoms with Crippen molar-refractivity contribution in [1.82, 2.24) is 9.88 Å². The quantitative estimate of drug-likeness (QED) is 0.645. The van der Waals surface area contributed by atoms with Crippen LogP contribution in [-0.2, 0) is 4.79 Å². The van der Waals surface area contributed by atoms with E-state index in [0.717, 1.165) is 30.4 Å². The summed E-state index contributed by atoms with van der Waals surface area (Å²) in [5.41, 5.74) is 1.61. The minimum absolute atomic E-state index is 0.194. The van der Waals surface area contributed by atoms with Gasteiger partial charge in [-0.15, -0.1) is 0 Å². The topological polar surface area (TPSA) is 46.3 Å². The van der Waals surface area contributed by atoms with Gasteiger partial charge in [0, 0.05) is 6.04 Å². The van der Waals surface area contributed by atoms with Crippen molar-refractivity contribution in [3.8, 4) is 0 Å². The van der Waals surface area contributed by atoms with Crippen LogP contribution in [-0.4, -0.2) is 33.6 Å². The highest BCUT2D eigenvalue weighted by atomic mass is 32.2. The van der Waals surface area contributed by atoms with Gasteiger partial charge in [0.15, 0.2) is 5.58 Å². The molecule has 0 aliphatic carbocycles. The third-order valence-corrected chi connectivity index (χ3v) is 5.01. The number of hydrogen-bond acceptors (Lipinski definition) is 4. The number of aromatic nitrogens is 1. The summed E-state index contributed by atoms with van der Waals surface area (Å²) in [5.74, 6) is 0.590. The van der Waals surface area contributed by atoms with Crippen molar-refractivity contribution >= 4 is 28.8 Å². The molecule has 4 nitrogen and oxygen atoms in total. The lowest BCUT2D eigenvalue weighted by atomic mass is 10.1. The van der Waals surface area contributed by atoms with Crippen LogP contribution >= 0.6 is 11.8 Å². The summed E-state index contributed by atoms with van der Waals surface area (Å²) < 4.78 is 5.64. The van der Waals surface area contributed by atoms with Crippen molar-refractivity contribution in [1.29, 1.82) is 0 Å². The molecule has 1 aromatic heterocycles. The molecule has 0 spiro atoms. The van der Waals surface area contributed by atoms with E-state index in [1.807, 2.05) is 24.3 Å². The van der Waals surface area contributed by atoms with Crippen molar-refractivity contribution in [3.05, 3.63) is 36.4 Å². The molecule has 0 radical (unpaired) electrons. The average molecular weight is 300 g/mol. The monoisotopic (exact) mass is 300 g/mol. The molecule has 1 amide bonds. The summed E-state index contributed by atoms with van der Waals surface area (Å²) in [4.78, 5) is 18.9. The number of oxazole rings is 1. The number of carbonyl (C=O) groups is 1. The molecule has 21 heavy (non-hydrogen) atoms. The van der Waals surface area contributed by atoms with Crippen molar-refractivity contribution in [2.45, 2.75) is 36.6 Å². The summed E-state index contributed by atoms with van der Waals surface area (Å²) in [5, 5.41) is 0.574. The Kier molecular flexibility index (Phi) is 3.22. The van der Waals surface area contributed by atoms with E-state index in [2.05, 4.69) is 22.0 Å². The van der Waals surface area contributed by atoms with E-state index in [1.54, 1.807) is 0 Å². The maximum Gasteiger partial charge on any atom is 0.257 e. The number of hydrogen-bond donors (Lipinski definition) is 0. The summed E-state index contributed by atoms with van der Waals surface area (Å²) >= 11 is 1.39. The van der Waals surface area contributed by atoms with E-state index < -0.39 is 0 Å². The fraction of sp³-hybridized carbons (Fsp3) is 0.375. The SMILES string of the molecule is O=C(CSc1nc2ccccc2o1)N1C2C=CCC1CC2. The van der Waals surface area contributed by atoms with E-state index >= 15 is 0 Å². The molecule has 2 aliphatic heterocycles. The normalized spacial score (nSPS) is 23.9. The van der Waals surface area contributed by atoms with E-state index in [9.17, 15) is 4.79 Å². The number of amides is 1. The fourth-order valence-corrected chi connectivity index (χ4v) is 3.93. The molecule has 2 unspecified atom stereocenters. The van der Waals surface area contributed by atoms with Gasteiger partial charge in [0.1, 0.15) is 5.52 Å². The van der Waals surface area contributed by atoms with Crippen molar-refractivity contribution in [3.63, 3.8) is 0 Å². The predicted octanol–water partition coefficient (Wildman–Crippen LogP) is 3.24. The maximum atomic E-state index is 12.4. The number of nitrogens with zero attached hydrogens (tertiary/aromatic N) is 2. The molecule has 3 heterocycles. The zero-order valence-corrected chi connectivity index (χ0v) is 12.4. The van der Waals surface area contributed by atoms with Gasteiger partial charge in [-0.1, -0.05) is 36.0 Å². The van der Waals surface area contributed by atoms with Gasteiger partial charge in [0.05, 0.1) is 11.8 Å². The lowest BCUT2D eigenvalue weighted by Crippen LogP contribution is -2.43. The lowest BCUT2D eigenvalue weighted by molar-refractivity contribution is -0.130. The van der Waals surface area contributed by atoms with Crippen molar-refractivity contribution in [2.75, 3.05) is 5.75 Å². The number of benzene rings is 1. The number of para-hydroxylation sites is 2. The highest BCUT2D eigenvalue weighted by Crippen LogP contribution is 2.32. The largest absolute Gasteiger partial charge is 0.431 e. The van der Waals surface area contributed by atoms with Gasteiger partial charge in [-0.3, -0.25) is 4.79 Å². The third-order valence-electron chi connectivity index (χ3n) is 4.19. The molecule has 1 aromatic carbocycles. The first-order valence-corrected chi connectivity index (χ1v) is 8.26. The van der Waals surface area contributed by atoms with E-state index in [4.69, 9.17) is 4.42 Å². The molecule has 0 saturated carbocycles. The van der Waals surface area contributed by atoms with Gasteiger partial charge in [0.2, 0.25) is 5.91 Å². The molecule has 2 bridgehead atoms. The molecule has 2 atom stereocenters. The molecule has 4 rings (SSSR count). The Labute approximate surface area is 127 Å². The van der Waals surface area contributed by atoms with Crippen molar-refractivity contribution < 1.29 is 9.21 Å². The second-order valence-electron chi connectivity index (χ2n) is 5.50. The molecule has 1 fully saturated rings. The first kappa shape index (κ1) is 13.0. The number of fused-ring (bicyclic) bond motifs is 3. The molecule has 1 saturated heterocycles. The number of thioether (sulfide) groups is 1. The van der Waals surface area contributed by atoms with Crippen LogP contribution in [0.5, 0.6) is 0 Å². The van der Waals surface area contributed by atoms with Gasteiger partial charge in [-0.05, 0) is 31.4 Å². The zero-order valence-electron chi connectivity index (χ0n) is 11.6. The Hall–Kier alpha value is -1.75. The molecular weight excluding hydrogens is 284 g/mol. The molecule has 2 aliphatic rings. The lowest BCUT2D eigenvalue weighted by Gasteiger charge is -2.31. The van der Waals surface area contributed by atoms with E-state index in [1.165, 1.54) is 11.8 Å². The Bertz CT molecular complexity index is 676. The standard InChI is InChI=1S/C16H16N2O2S/c19-15(18-11-4-3-5-12(18)9-8-11)10-21-16-17-13-6-1-2-7-14(13)20-16/h1-4,6-7,11-12H,5,8-10H2. The minimum Gasteiger partial charge on any atom is -0.431 e. The van der Waals surface area contributed by atoms with Crippen LogP contribution in [0.1, 0.15) is 19.3 Å². The average Bonchev–Trinajstić information content (AvgIpc) is 3.03. The second-order valence-corrected chi connectivity index (χ2v) is 6.43. The highest BCUT2D eigenvalue weighted by molar-refractivity contribution is 7.99. The first-order valence-electron chi connectivity index (χ1n) is 7.27. The summed E-state index contributed by atoms with van der Waals surface area (Å²) in [6.45, 7) is 0. The number of rotatable bonds is 3. The van der Waals surface area contributed by atoms with Crippen LogP contribution < -0.4 is 0 Å². The van der Waals surface area contributed by atoms with Gasteiger partial charge in [-0.2, -0.15) is 0 Å². The van der Waals surface area contributed by atoms with Gasteiger partial charge in [-0.25, -0.2) is 4.98 Å². The summed E-state index contributed by atoms with van der Waals surface area (Å²) in [6, 6.07) is 8.37. The first-order chi connectivity index (χ1) is 10.3. The van der Waals surface area contributed by atoms with Crippen LogP contribution in [0.2, 0.25) is 0 Å². The smallest absolute Gasteiger partial charge is 0.257 e. The predicted molar refractivity (Wildman–Crippen MR) is 82.1 cm³/mol. The second kappa shape index (κ2) is 5.22. The maximum absolute atomic E-state index is 12.4. The van der Waals surface area contributed by atoms with Crippen LogP contribution in [0.3, 0.4) is 0 Å². The van der Waals surface area contributed by atoms with Crippen LogP contribution in [0.15, 0.2) is 46.1 Å². The van der Waals surface area contributed by atoms with Gasteiger partial charge in [0.25, 0.3) is 5.22 Å². The molecule has 2 aromatic rings. The summed E-state index contributed by atoms with van der Waals surface area (Å²) in [7, 11) is 0. The van der Waals surface area contributed by atoms with Gasteiger partial charge >= 0.3 is 0 Å². The summed E-state index contributed by atoms with van der Waals surface area (Å²) in [6.07, 6.45) is 7.60. The Morgan fingerprint density at radius 3 is 3.14 bits per heavy atom. The van der Waals surface area contributed by atoms with Crippen LogP contribution in [0.4, 0.5) is 0 Å².